The van der Waals surface area contributed by atoms with Crippen LogP contribution in [0.15, 0.2) is 53.0 Å². The molecule has 1 heterocycles. The Hall–Kier alpha value is -1.83. The number of halogens is 1. The minimum Gasteiger partial charge on any atom is -0.376 e. The molecule has 148 valence electrons. The van der Waals surface area contributed by atoms with Gasteiger partial charge < -0.3 is 15.4 Å². The topological polar surface area (TPSA) is 67.4 Å². The van der Waals surface area contributed by atoms with Crippen LogP contribution < -0.4 is 10.6 Å². The van der Waals surface area contributed by atoms with Gasteiger partial charge >= 0.3 is 0 Å². The van der Waals surface area contributed by atoms with Crippen molar-refractivity contribution >= 4 is 45.2 Å². The van der Waals surface area contributed by atoms with E-state index in [4.69, 9.17) is 4.74 Å². The fraction of sp³-hybridized carbons (Fsp3) is 0.333. The van der Waals surface area contributed by atoms with Crippen LogP contribution in [0, 0.1) is 0 Å². The summed E-state index contributed by atoms with van der Waals surface area (Å²) < 4.78 is 6.57. The summed E-state index contributed by atoms with van der Waals surface area (Å²) >= 11 is 4.95. The van der Waals surface area contributed by atoms with Crippen LogP contribution in [0.25, 0.3) is 0 Å². The van der Waals surface area contributed by atoms with Gasteiger partial charge in [-0.2, -0.15) is 0 Å². The SMILES string of the molecule is O=C(CSCc1ccc(Br)cc1)Nc1ccccc1C(=O)NC[C@H]1CCCO1. The van der Waals surface area contributed by atoms with E-state index in [0.717, 1.165) is 35.2 Å². The van der Waals surface area contributed by atoms with Crippen LogP contribution in [-0.4, -0.2) is 36.8 Å². The first-order valence-electron chi connectivity index (χ1n) is 9.22. The van der Waals surface area contributed by atoms with Crippen molar-refractivity contribution in [2.75, 3.05) is 24.2 Å². The van der Waals surface area contributed by atoms with Gasteiger partial charge in [-0.05, 0) is 42.7 Å². The molecule has 1 atom stereocenters. The highest BCUT2D eigenvalue weighted by atomic mass is 79.9. The molecular formula is C21H23BrN2O3S. The van der Waals surface area contributed by atoms with Crippen molar-refractivity contribution in [3.8, 4) is 0 Å². The lowest BCUT2D eigenvalue weighted by Crippen LogP contribution is -2.32. The Labute approximate surface area is 177 Å². The average Bonchev–Trinajstić information content (AvgIpc) is 3.22. The fourth-order valence-electron chi connectivity index (χ4n) is 2.93. The zero-order chi connectivity index (χ0) is 19.8. The van der Waals surface area contributed by atoms with Crippen molar-refractivity contribution < 1.29 is 14.3 Å². The van der Waals surface area contributed by atoms with Crippen molar-refractivity contribution in [2.45, 2.75) is 24.7 Å². The Bertz CT molecular complexity index is 808. The number of rotatable bonds is 8. The average molecular weight is 463 g/mol. The highest BCUT2D eigenvalue weighted by molar-refractivity contribution is 9.10. The minimum atomic E-state index is -0.200. The third kappa shape index (κ3) is 6.36. The molecule has 2 amide bonds. The van der Waals surface area contributed by atoms with Gasteiger partial charge in [0.15, 0.2) is 0 Å². The molecule has 0 bridgehead atoms. The summed E-state index contributed by atoms with van der Waals surface area (Å²) in [7, 11) is 0. The number of para-hydroxylation sites is 1. The lowest BCUT2D eigenvalue weighted by molar-refractivity contribution is -0.113. The van der Waals surface area contributed by atoms with E-state index in [0.29, 0.717) is 23.5 Å². The van der Waals surface area contributed by atoms with Gasteiger partial charge in [0.05, 0.1) is 23.1 Å². The summed E-state index contributed by atoms with van der Waals surface area (Å²) in [4.78, 5) is 24.8. The number of ether oxygens (including phenoxy) is 1. The van der Waals surface area contributed by atoms with Gasteiger partial charge in [-0.1, -0.05) is 40.2 Å². The van der Waals surface area contributed by atoms with Crippen LogP contribution in [-0.2, 0) is 15.3 Å². The van der Waals surface area contributed by atoms with Crippen LogP contribution in [0.5, 0.6) is 0 Å². The maximum Gasteiger partial charge on any atom is 0.253 e. The Morgan fingerprint density at radius 2 is 1.93 bits per heavy atom. The summed E-state index contributed by atoms with van der Waals surface area (Å²) in [6, 6.07) is 15.1. The molecule has 1 aliphatic heterocycles. The summed E-state index contributed by atoms with van der Waals surface area (Å²) in [5, 5.41) is 5.75. The smallest absolute Gasteiger partial charge is 0.253 e. The lowest BCUT2D eigenvalue weighted by atomic mass is 10.1. The monoisotopic (exact) mass is 462 g/mol. The van der Waals surface area contributed by atoms with Crippen molar-refractivity contribution in [1.29, 1.82) is 0 Å². The maximum atomic E-state index is 12.5. The fourth-order valence-corrected chi connectivity index (χ4v) is 3.98. The Morgan fingerprint density at radius 1 is 1.14 bits per heavy atom. The number of amides is 2. The summed E-state index contributed by atoms with van der Waals surface area (Å²) in [5.74, 6) is 0.752. The molecular weight excluding hydrogens is 440 g/mol. The van der Waals surface area contributed by atoms with E-state index in [1.165, 1.54) is 11.8 Å². The molecule has 1 saturated heterocycles. The zero-order valence-corrected chi connectivity index (χ0v) is 17.9. The molecule has 0 spiro atoms. The number of hydrogen-bond acceptors (Lipinski definition) is 4. The predicted molar refractivity (Wildman–Crippen MR) is 117 cm³/mol. The van der Waals surface area contributed by atoms with Crippen LogP contribution in [0.3, 0.4) is 0 Å². The second-order valence-corrected chi connectivity index (χ2v) is 8.46. The molecule has 2 aromatic rings. The van der Waals surface area contributed by atoms with Crippen LogP contribution >= 0.6 is 27.7 Å². The van der Waals surface area contributed by atoms with E-state index in [1.54, 1.807) is 24.3 Å². The number of thioether (sulfide) groups is 1. The van der Waals surface area contributed by atoms with E-state index in [-0.39, 0.29) is 17.9 Å². The molecule has 7 heteroatoms. The molecule has 0 unspecified atom stereocenters. The normalized spacial score (nSPS) is 16.0. The van der Waals surface area contributed by atoms with Gasteiger partial charge in [0, 0.05) is 23.4 Å². The van der Waals surface area contributed by atoms with Gasteiger partial charge in [0.2, 0.25) is 5.91 Å². The highest BCUT2D eigenvalue weighted by Crippen LogP contribution is 2.18. The molecule has 3 rings (SSSR count). The number of benzene rings is 2. The maximum absolute atomic E-state index is 12.5. The first kappa shape index (κ1) is 20.9. The Kier molecular flexibility index (Phi) is 7.94. The first-order valence-corrected chi connectivity index (χ1v) is 11.2. The van der Waals surface area contributed by atoms with Crippen molar-refractivity contribution in [3.05, 3.63) is 64.1 Å². The second kappa shape index (κ2) is 10.6. The number of nitrogens with one attached hydrogen (secondary N) is 2. The largest absolute Gasteiger partial charge is 0.376 e. The standard InChI is InChI=1S/C21H23BrN2O3S/c22-16-9-7-15(8-10-16)13-28-14-20(25)24-19-6-2-1-5-18(19)21(26)23-12-17-4-3-11-27-17/h1-2,5-10,17H,3-4,11-14H2,(H,23,26)(H,24,25)/t17-/m1/s1. The Balaban J connectivity index is 1.49. The van der Waals surface area contributed by atoms with Crippen LogP contribution in [0.4, 0.5) is 5.69 Å². The third-order valence-electron chi connectivity index (χ3n) is 4.38. The van der Waals surface area contributed by atoms with Crippen molar-refractivity contribution in [3.63, 3.8) is 0 Å². The van der Waals surface area contributed by atoms with E-state index >= 15 is 0 Å². The molecule has 5 nitrogen and oxygen atoms in total. The zero-order valence-electron chi connectivity index (χ0n) is 15.4. The van der Waals surface area contributed by atoms with Crippen LogP contribution in [0.2, 0.25) is 0 Å². The van der Waals surface area contributed by atoms with E-state index in [2.05, 4.69) is 26.6 Å². The molecule has 0 aromatic heterocycles. The molecule has 2 aromatic carbocycles. The van der Waals surface area contributed by atoms with E-state index in [1.807, 2.05) is 24.3 Å². The van der Waals surface area contributed by atoms with Crippen molar-refractivity contribution in [1.82, 2.24) is 5.32 Å². The third-order valence-corrected chi connectivity index (χ3v) is 5.91. The van der Waals surface area contributed by atoms with Gasteiger partial charge in [-0.3, -0.25) is 9.59 Å². The molecule has 1 aliphatic rings. The summed E-state index contributed by atoms with van der Waals surface area (Å²) in [5.41, 5.74) is 2.16. The van der Waals surface area contributed by atoms with Gasteiger partial charge in [-0.15, -0.1) is 11.8 Å². The van der Waals surface area contributed by atoms with Gasteiger partial charge in [0.25, 0.3) is 5.91 Å². The predicted octanol–water partition coefficient (Wildman–Crippen LogP) is 4.23. The first-order chi connectivity index (χ1) is 13.6. The van der Waals surface area contributed by atoms with Gasteiger partial charge in [-0.25, -0.2) is 0 Å². The van der Waals surface area contributed by atoms with Gasteiger partial charge in [0.1, 0.15) is 0 Å². The molecule has 28 heavy (non-hydrogen) atoms. The molecule has 1 fully saturated rings. The van der Waals surface area contributed by atoms with Crippen LogP contribution in [0.1, 0.15) is 28.8 Å². The summed E-state index contributed by atoms with van der Waals surface area (Å²) in [6.45, 7) is 1.25. The molecule has 0 saturated carbocycles. The number of hydrogen-bond donors (Lipinski definition) is 2. The number of anilines is 1. The lowest BCUT2D eigenvalue weighted by Gasteiger charge is -2.13. The molecule has 2 N–H and O–H groups in total. The molecule has 0 radical (unpaired) electrons. The second-order valence-electron chi connectivity index (χ2n) is 6.56. The molecule has 0 aliphatic carbocycles. The van der Waals surface area contributed by atoms with E-state index < -0.39 is 0 Å². The van der Waals surface area contributed by atoms with Crippen molar-refractivity contribution in [2.24, 2.45) is 0 Å². The minimum absolute atomic E-state index is 0.0840. The number of carbonyl (C=O) groups excluding carboxylic acids is 2. The highest BCUT2D eigenvalue weighted by Gasteiger charge is 2.18. The number of carbonyl (C=O) groups is 2. The summed E-state index contributed by atoms with van der Waals surface area (Å²) in [6.07, 6.45) is 2.08. The quantitative estimate of drug-likeness (QED) is 0.615. The Morgan fingerprint density at radius 3 is 2.68 bits per heavy atom. The van der Waals surface area contributed by atoms with E-state index in [9.17, 15) is 9.59 Å².